The minimum absolute atomic E-state index is 0.0918. The van der Waals surface area contributed by atoms with Gasteiger partial charge in [-0.1, -0.05) is 20.8 Å². The van der Waals surface area contributed by atoms with Gasteiger partial charge in [0.05, 0.1) is 12.3 Å². The van der Waals surface area contributed by atoms with E-state index in [9.17, 15) is 9.90 Å². The van der Waals surface area contributed by atoms with E-state index in [1.807, 2.05) is 13.8 Å². The molecule has 1 N–H and O–H groups in total. The zero-order chi connectivity index (χ0) is 14.7. The van der Waals surface area contributed by atoms with Crippen molar-refractivity contribution in [1.29, 1.82) is 0 Å². The van der Waals surface area contributed by atoms with Crippen LogP contribution in [0.4, 0.5) is 0 Å². The second kappa shape index (κ2) is 6.65. The van der Waals surface area contributed by atoms with Crippen molar-refractivity contribution in [2.45, 2.75) is 39.2 Å². The number of carboxylic acids is 1. The van der Waals surface area contributed by atoms with Crippen LogP contribution in [0.15, 0.2) is 0 Å². The number of rotatable bonds is 5. The zero-order valence-corrected chi connectivity index (χ0v) is 13.1. The molecule has 1 saturated heterocycles. The van der Waals surface area contributed by atoms with Crippen LogP contribution in [0.5, 0.6) is 0 Å². The van der Waals surface area contributed by atoms with Crippen LogP contribution in [0.1, 0.15) is 59.6 Å². The molecule has 0 spiro atoms. The van der Waals surface area contributed by atoms with Gasteiger partial charge in [-0.15, -0.1) is 11.3 Å². The minimum atomic E-state index is -0.890. The Morgan fingerprint density at radius 2 is 2.35 bits per heavy atom. The monoisotopic (exact) mass is 298 g/mol. The summed E-state index contributed by atoms with van der Waals surface area (Å²) in [6.07, 6.45) is 1.02. The zero-order valence-electron chi connectivity index (χ0n) is 12.3. The maximum absolute atomic E-state index is 11.3. The summed E-state index contributed by atoms with van der Waals surface area (Å²) in [5, 5.41) is 10.1. The third kappa shape index (κ3) is 3.37. The molecule has 0 saturated carbocycles. The lowest BCUT2D eigenvalue weighted by atomic mass is 10.1. The van der Waals surface area contributed by atoms with Gasteiger partial charge in [-0.3, -0.25) is 4.90 Å². The number of hydrogen-bond donors (Lipinski definition) is 1. The van der Waals surface area contributed by atoms with Crippen molar-refractivity contribution in [2.75, 3.05) is 26.2 Å². The van der Waals surface area contributed by atoms with Crippen LogP contribution < -0.4 is 0 Å². The second-order valence-electron chi connectivity index (χ2n) is 5.39. The number of carbonyl (C=O) groups is 1. The molecule has 1 aromatic heterocycles. The van der Waals surface area contributed by atoms with E-state index in [1.54, 1.807) is 0 Å². The summed E-state index contributed by atoms with van der Waals surface area (Å²) in [7, 11) is 0. The van der Waals surface area contributed by atoms with Gasteiger partial charge in [0.1, 0.15) is 16.0 Å². The van der Waals surface area contributed by atoms with Crippen molar-refractivity contribution in [1.82, 2.24) is 9.88 Å². The van der Waals surface area contributed by atoms with Crippen LogP contribution in [0.3, 0.4) is 0 Å². The second-order valence-corrected chi connectivity index (χ2v) is 6.42. The van der Waals surface area contributed by atoms with E-state index in [0.717, 1.165) is 31.1 Å². The smallest absolute Gasteiger partial charge is 0.347 e. The number of morpholine rings is 1. The minimum Gasteiger partial charge on any atom is -0.477 e. The fourth-order valence-electron chi connectivity index (χ4n) is 2.40. The highest BCUT2D eigenvalue weighted by atomic mass is 32.1. The highest BCUT2D eigenvalue weighted by Gasteiger charge is 2.28. The number of hydrogen-bond acceptors (Lipinski definition) is 5. The van der Waals surface area contributed by atoms with Gasteiger partial charge < -0.3 is 9.84 Å². The molecular formula is C14H22N2O3S. The van der Waals surface area contributed by atoms with E-state index in [4.69, 9.17) is 4.74 Å². The maximum Gasteiger partial charge on any atom is 0.347 e. The summed E-state index contributed by atoms with van der Waals surface area (Å²) < 4.78 is 5.78. The Labute approximate surface area is 123 Å². The Bertz CT molecular complexity index is 471. The van der Waals surface area contributed by atoms with Crippen LogP contribution in [0.2, 0.25) is 0 Å². The molecule has 6 heteroatoms. The third-order valence-electron chi connectivity index (χ3n) is 3.38. The fourth-order valence-corrected chi connectivity index (χ4v) is 3.50. The Hall–Kier alpha value is -0.980. The molecule has 1 fully saturated rings. The molecule has 2 heterocycles. The Morgan fingerprint density at radius 1 is 1.60 bits per heavy atom. The largest absolute Gasteiger partial charge is 0.477 e. The first-order valence-electron chi connectivity index (χ1n) is 7.10. The van der Waals surface area contributed by atoms with Gasteiger partial charge in [0.15, 0.2) is 0 Å². The molecule has 2 rings (SSSR count). The lowest BCUT2D eigenvalue weighted by Gasteiger charge is -2.31. The molecule has 0 aliphatic carbocycles. The molecule has 1 aliphatic rings. The standard InChI is InChI=1S/C14H22N2O3S/c1-4-5-16-6-7-19-10(8-16)13-15-11(9(2)3)12(20-13)14(17)18/h9-10H,4-8H2,1-3H3,(H,17,18). The van der Waals surface area contributed by atoms with E-state index in [2.05, 4.69) is 16.8 Å². The van der Waals surface area contributed by atoms with E-state index < -0.39 is 5.97 Å². The Morgan fingerprint density at radius 3 is 2.90 bits per heavy atom. The van der Waals surface area contributed by atoms with E-state index >= 15 is 0 Å². The average molecular weight is 298 g/mol. The van der Waals surface area contributed by atoms with Crippen molar-refractivity contribution >= 4 is 17.3 Å². The Balaban J connectivity index is 2.20. The first kappa shape index (κ1) is 15.4. The van der Waals surface area contributed by atoms with Crippen molar-refractivity contribution in [3.63, 3.8) is 0 Å². The van der Waals surface area contributed by atoms with Gasteiger partial charge in [-0.25, -0.2) is 9.78 Å². The number of nitrogens with zero attached hydrogens (tertiary/aromatic N) is 2. The van der Waals surface area contributed by atoms with Gasteiger partial charge in [-0.05, 0) is 18.9 Å². The van der Waals surface area contributed by atoms with Crippen molar-refractivity contribution < 1.29 is 14.6 Å². The lowest BCUT2D eigenvalue weighted by Crippen LogP contribution is -2.38. The van der Waals surface area contributed by atoms with Crippen LogP contribution in [-0.2, 0) is 4.74 Å². The fraction of sp³-hybridized carbons (Fsp3) is 0.714. The van der Waals surface area contributed by atoms with Crippen molar-refractivity contribution in [2.24, 2.45) is 0 Å². The summed E-state index contributed by atoms with van der Waals surface area (Å²) in [6.45, 7) is 9.58. The molecule has 1 aliphatic heterocycles. The Kier molecular flexibility index (Phi) is 5.12. The molecular weight excluding hydrogens is 276 g/mol. The molecule has 0 aromatic carbocycles. The topological polar surface area (TPSA) is 62.7 Å². The van der Waals surface area contributed by atoms with Crippen molar-refractivity contribution in [3.05, 3.63) is 15.6 Å². The molecule has 5 nitrogen and oxygen atoms in total. The quantitative estimate of drug-likeness (QED) is 0.905. The summed E-state index contributed by atoms with van der Waals surface area (Å²) in [4.78, 5) is 18.5. The lowest BCUT2D eigenvalue weighted by molar-refractivity contribution is -0.0300. The van der Waals surface area contributed by atoms with Gasteiger partial charge in [-0.2, -0.15) is 0 Å². The van der Waals surface area contributed by atoms with Gasteiger partial charge in [0.25, 0.3) is 0 Å². The first-order valence-corrected chi connectivity index (χ1v) is 7.92. The summed E-state index contributed by atoms with van der Waals surface area (Å²) in [6, 6.07) is 0. The van der Waals surface area contributed by atoms with Crippen molar-refractivity contribution in [3.8, 4) is 0 Å². The highest BCUT2D eigenvalue weighted by Crippen LogP contribution is 2.31. The molecule has 1 atom stereocenters. The number of ether oxygens (including phenoxy) is 1. The van der Waals surface area contributed by atoms with Gasteiger partial charge >= 0.3 is 5.97 Å². The normalized spacial score (nSPS) is 20.5. The predicted molar refractivity (Wildman–Crippen MR) is 78.6 cm³/mol. The number of aromatic carboxylic acids is 1. The van der Waals surface area contributed by atoms with E-state index in [0.29, 0.717) is 17.2 Å². The molecule has 20 heavy (non-hydrogen) atoms. The number of aromatic nitrogens is 1. The molecule has 0 radical (unpaired) electrons. The maximum atomic E-state index is 11.3. The SMILES string of the molecule is CCCN1CCOC(c2nc(C(C)C)c(C(=O)O)s2)C1. The van der Waals surface area contributed by atoms with E-state index in [1.165, 1.54) is 11.3 Å². The average Bonchev–Trinajstić information content (AvgIpc) is 2.85. The summed E-state index contributed by atoms with van der Waals surface area (Å²) in [5.41, 5.74) is 0.675. The number of thiazole rings is 1. The molecule has 1 unspecified atom stereocenters. The third-order valence-corrected chi connectivity index (χ3v) is 4.53. The van der Waals surface area contributed by atoms with Crippen LogP contribution in [0, 0.1) is 0 Å². The molecule has 0 bridgehead atoms. The predicted octanol–water partition coefficient (Wildman–Crippen LogP) is 2.75. The summed E-state index contributed by atoms with van der Waals surface area (Å²) in [5.74, 6) is -0.778. The first-order chi connectivity index (χ1) is 9.52. The summed E-state index contributed by atoms with van der Waals surface area (Å²) >= 11 is 1.26. The molecule has 112 valence electrons. The highest BCUT2D eigenvalue weighted by molar-refractivity contribution is 7.13. The van der Waals surface area contributed by atoms with E-state index in [-0.39, 0.29) is 12.0 Å². The van der Waals surface area contributed by atoms with Crippen LogP contribution >= 0.6 is 11.3 Å². The molecule has 1 aromatic rings. The van der Waals surface area contributed by atoms with Crippen LogP contribution in [0.25, 0.3) is 0 Å². The van der Waals surface area contributed by atoms with Gasteiger partial charge in [0, 0.05) is 13.1 Å². The number of carboxylic acid groups (broad SMARTS) is 1. The van der Waals surface area contributed by atoms with Gasteiger partial charge in [0.2, 0.25) is 0 Å². The van der Waals surface area contributed by atoms with Crippen LogP contribution in [-0.4, -0.2) is 47.2 Å². The molecule has 0 amide bonds.